The lowest BCUT2D eigenvalue weighted by Gasteiger charge is -2.11. The predicted molar refractivity (Wildman–Crippen MR) is 73.9 cm³/mol. The van der Waals surface area contributed by atoms with Crippen LogP contribution in [0.2, 0.25) is 0 Å². The summed E-state index contributed by atoms with van der Waals surface area (Å²) in [6.45, 7) is 0. The smallest absolute Gasteiger partial charge is 0.0793 e. The molecular formula is C15H15BrO. The minimum Gasteiger partial charge on any atom is -0.388 e. The topological polar surface area (TPSA) is 20.2 Å². The maximum Gasteiger partial charge on any atom is 0.0793 e. The lowest BCUT2D eigenvalue weighted by molar-refractivity contribution is 0.168. The Morgan fingerprint density at radius 2 is 1.59 bits per heavy atom. The van der Waals surface area contributed by atoms with Crippen molar-refractivity contribution in [2.45, 2.75) is 18.9 Å². The van der Waals surface area contributed by atoms with Crippen LogP contribution in [0, 0.1) is 0 Å². The molecule has 0 amide bonds. The minimum absolute atomic E-state index is 0.386. The quantitative estimate of drug-likeness (QED) is 0.898. The fourth-order valence-corrected chi connectivity index (χ4v) is 2.32. The van der Waals surface area contributed by atoms with Gasteiger partial charge < -0.3 is 5.11 Å². The van der Waals surface area contributed by atoms with Crippen LogP contribution < -0.4 is 0 Å². The normalized spacial score (nSPS) is 12.4. The van der Waals surface area contributed by atoms with E-state index in [1.54, 1.807) is 0 Å². The Kier molecular flexibility index (Phi) is 4.35. The van der Waals surface area contributed by atoms with Gasteiger partial charge in [0, 0.05) is 4.47 Å². The zero-order chi connectivity index (χ0) is 12.1. The van der Waals surface area contributed by atoms with Crippen molar-refractivity contribution in [3.8, 4) is 0 Å². The average molecular weight is 291 g/mol. The molecule has 0 aliphatic carbocycles. The fraction of sp³-hybridized carbons (Fsp3) is 0.200. The summed E-state index contributed by atoms with van der Waals surface area (Å²) < 4.78 is 1.11. The van der Waals surface area contributed by atoms with Crippen LogP contribution in [0.1, 0.15) is 23.7 Å². The Balaban J connectivity index is 1.97. The molecule has 1 atom stereocenters. The lowest BCUT2D eigenvalue weighted by Crippen LogP contribution is -1.99. The number of benzene rings is 2. The van der Waals surface area contributed by atoms with E-state index in [1.165, 1.54) is 5.56 Å². The highest BCUT2D eigenvalue weighted by atomic mass is 79.9. The van der Waals surface area contributed by atoms with Crippen molar-refractivity contribution in [1.82, 2.24) is 0 Å². The van der Waals surface area contributed by atoms with E-state index in [9.17, 15) is 5.11 Å². The lowest BCUT2D eigenvalue weighted by atomic mass is 10.0. The third-order valence-electron chi connectivity index (χ3n) is 2.83. The van der Waals surface area contributed by atoms with Gasteiger partial charge in [-0.3, -0.25) is 0 Å². The molecule has 2 heteroatoms. The fourth-order valence-electron chi connectivity index (χ4n) is 1.84. The van der Waals surface area contributed by atoms with Crippen LogP contribution >= 0.6 is 15.9 Å². The summed E-state index contributed by atoms with van der Waals surface area (Å²) >= 11 is 3.52. The number of aliphatic hydroxyl groups is 1. The van der Waals surface area contributed by atoms with Gasteiger partial charge >= 0.3 is 0 Å². The Morgan fingerprint density at radius 1 is 0.941 bits per heavy atom. The van der Waals surface area contributed by atoms with Crippen LogP contribution in [-0.2, 0) is 6.42 Å². The Bertz CT molecular complexity index is 467. The molecule has 2 aromatic carbocycles. The molecule has 1 nitrogen and oxygen atoms in total. The van der Waals surface area contributed by atoms with Gasteiger partial charge in [0.05, 0.1) is 6.10 Å². The van der Waals surface area contributed by atoms with Gasteiger partial charge in [0.2, 0.25) is 0 Å². The van der Waals surface area contributed by atoms with Crippen LogP contribution in [0.15, 0.2) is 59.1 Å². The van der Waals surface area contributed by atoms with E-state index < -0.39 is 0 Å². The van der Waals surface area contributed by atoms with Crippen LogP contribution in [-0.4, -0.2) is 5.11 Å². The van der Waals surface area contributed by atoms with Crippen molar-refractivity contribution >= 4 is 15.9 Å². The molecule has 2 rings (SSSR count). The Hall–Kier alpha value is -1.12. The maximum absolute atomic E-state index is 10.1. The first-order valence-corrected chi connectivity index (χ1v) is 6.53. The number of aryl methyl sites for hydroxylation is 1. The van der Waals surface area contributed by atoms with E-state index >= 15 is 0 Å². The van der Waals surface area contributed by atoms with Gasteiger partial charge in [-0.2, -0.15) is 0 Å². The monoisotopic (exact) mass is 290 g/mol. The number of halogens is 1. The summed E-state index contributed by atoms with van der Waals surface area (Å²) in [5, 5.41) is 10.1. The summed E-state index contributed by atoms with van der Waals surface area (Å²) in [6.07, 6.45) is 1.23. The minimum atomic E-state index is -0.386. The SMILES string of the molecule is O[C@H](CCc1ccccc1Br)c1ccccc1. The third kappa shape index (κ3) is 3.42. The van der Waals surface area contributed by atoms with E-state index in [1.807, 2.05) is 48.5 Å². The second-order valence-electron chi connectivity index (χ2n) is 4.06. The standard InChI is InChI=1S/C15H15BrO/c16-14-9-5-4-6-12(14)10-11-15(17)13-7-2-1-3-8-13/h1-9,15,17H,10-11H2/t15-/m1/s1. The molecule has 0 saturated heterocycles. The summed E-state index contributed by atoms with van der Waals surface area (Å²) in [4.78, 5) is 0. The molecule has 0 aliphatic heterocycles. The van der Waals surface area contributed by atoms with Crippen molar-refractivity contribution in [2.24, 2.45) is 0 Å². The second-order valence-corrected chi connectivity index (χ2v) is 4.91. The van der Waals surface area contributed by atoms with Crippen LogP contribution in [0.5, 0.6) is 0 Å². The van der Waals surface area contributed by atoms with E-state index in [0.717, 1.165) is 22.9 Å². The van der Waals surface area contributed by atoms with Crippen LogP contribution in [0.25, 0.3) is 0 Å². The highest BCUT2D eigenvalue weighted by Crippen LogP contribution is 2.22. The van der Waals surface area contributed by atoms with E-state index in [0.29, 0.717) is 0 Å². The highest BCUT2D eigenvalue weighted by molar-refractivity contribution is 9.10. The van der Waals surface area contributed by atoms with Gasteiger partial charge in [-0.15, -0.1) is 0 Å². The first-order valence-electron chi connectivity index (χ1n) is 5.74. The second kappa shape index (κ2) is 5.99. The first-order chi connectivity index (χ1) is 8.27. The number of aliphatic hydroxyl groups excluding tert-OH is 1. The Morgan fingerprint density at radius 3 is 2.29 bits per heavy atom. The summed E-state index contributed by atoms with van der Waals surface area (Å²) in [7, 11) is 0. The van der Waals surface area contributed by atoms with Gasteiger partial charge in [0.15, 0.2) is 0 Å². The van der Waals surface area contributed by atoms with E-state index in [4.69, 9.17) is 0 Å². The van der Waals surface area contributed by atoms with E-state index in [2.05, 4.69) is 22.0 Å². The molecule has 0 spiro atoms. The molecule has 17 heavy (non-hydrogen) atoms. The molecule has 0 aliphatic rings. The van der Waals surface area contributed by atoms with Crippen molar-refractivity contribution in [3.05, 3.63) is 70.2 Å². The summed E-state index contributed by atoms with van der Waals surface area (Å²) in [5.74, 6) is 0. The highest BCUT2D eigenvalue weighted by Gasteiger charge is 2.07. The van der Waals surface area contributed by atoms with Crippen molar-refractivity contribution in [2.75, 3.05) is 0 Å². The molecule has 0 aromatic heterocycles. The summed E-state index contributed by atoms with van der Waals surface area (Å²) in [5.41, 5.74) is 2.22. The van der Waals surface area contributed by atoms with Crippen molar-refractivity contribution in [3.63, 3.8) is 0 Å². The van der Waals surface area contributed by atoms with Crippen molar-refractivity contribution < 1.29 is 5.11 Å². The molecule has 0 bridgehead atoms. The first kappa shape index (κ1) is 12.3. The molecule has 0 unspecified atom stereocenters. The molecule has 88 valence electrons. The molecule has 0 heterocycles. The molecule has 0 saturated carbocycles. The largest absolute Gasteiger partial charge is 0.388 e. The van der Waals surface area contributed by atoms with E-state index in [-0.39, 0.29) is 6.10 Å². The molecule has 1 N–H and O–H groups in total. The zero-order valence-electron chi connectivity index (χ0n) is 9.51. The van der Waals surface area contributed by atoms with Crippen LogP contribution in [0.4, 0.5) is 0 Å². The number of rotatable bonds is 4. The van der Waals surface area contributed by atoms with Gasteiger partial charge in [-0.05, 0) is 30.0 Å². The van der Waals surface area contributed by atoms with Gasteiger partial charge in [-0.1, -0.05) is 64.5 Å². The zero-order valence-corrected chi connectivity index (χ0v) is 11.1. The number of hydrogen-bond donors (Lipinski definition) is 1. The Labute approximate surface area is 110 Å². The molecule has 2 aromatic rings. The van der Waals surface area contributed by atoms with Gasteiger partial charge in [-0.25, -0.2) is 0 Å². The average Bonchev–Trinajstić information content (AvgIpc) is 2.38. The third-order valence-corrected chi connectivity index (χ3v) is 3.60. The summed E-state index contributed by atoms with van der Waals surface area (Å²) in [6, 6.07) is 17.9. The number of hydrogen-bond acceptors (Lipinski definition) is 1. The molecular weight excluding hydrogens is 276 g/mol. The van der Waals surface area contributed by atoms with Gasteiger partial charge in [0.25, 0.3) is 0 Å². The maximum atomic E-state index is 10.1. The van der Waals surface area contributed by atoms with Crippen LogP contribution in [0.3, 0.4) is 0 Å². The predicted octanol–water partition coefficient (Wildman–Crippen LogP) is 4.12. The van der Waals surface area contributed by atoms with Crippen molar-refractivity contribution in [1.29, 1.82) is 0 Å². The molecule has 0 fully saturated rings. The molecule has 0 radical (unpaired) electrons. The van der Waals surface area contributed by atoms with Gasteiger partial charge in [0.1, 0.15) is 0 Å².